The number of hydrogen-bond acceptors (Lipinski definition) is 3. The second-order valence-corrected chi connectivity index (χ2v) is 7.01. The summed E-state index contributed by atoms with van der Waals surface area (Å²) in [5.74, 6) is -0.145. The first kappa shape index (κ1) is 16.3. The summed E-state index contributed by atoms with van der Waals surface area (Å²) in [6, 6.07) is 0. The number of carboxylic acid groups (broad SMARTS) is 1. The molecule has 21 heavy (non-hydrogen) atoms. The Hall–Kier alpha value is -1.10. The van der Waals surface area contributed by atoms with Crippen LogP contribution in [-0.2, 0) is 9.59 Å². The van der Waals surface area contributed by atoms with Gasteiger partial charge in [0.05, 0.1) is 10.8 Å². The van der Waals surface area contributed by atoms with E-state index in [1.807, 2.05) is 6.92 Å². The van der Waals surface area contributed by atoms with Crippen molar-refractivity contribution in [3.8, 4) is 0 Å². The van der Waals surface area contributed by atoms with Crippen molar-refractivity contribution in [2.75, 3.05) is 19.6 Å². The van der Waals surface area contributed by atoms with Crippen molar-refractivity contribution in [1.29, 1.82) is 0 Å². The molecular formula is C16H28N2O3. The maximum Gasteiger partial charge on any atom is 0.311 e. The van der Waals surface area contributed by atoms with E-state index in [1.165, 1.54) is 0 Å². The average molecular weight is 296 g/mol. The molecule has 1 aliphatic heterocycles. The highest BCUT2D eigenvalue weighted by Crippen LogP contribution is 2.39. The van der Waals surface area contributed by atoms with Gasteiger partial charge < -0.3 is 15.7 Å². The van der Waals surface area contributed by atoms with E-state index in [-0.39, 0.29) is 17.9 Å². The predicted octanol–water partition coefficient (Wildman–Crippen LogP) is 1.77. The summed E-state index contributed by atoms with van der Waals surface area (Å²) in [6.45, 7) is 6.04. The Morgan fingerprint density at radius 3 is 2.38 bits per heavy atom. The maximum atomic E-state index is 12.5. The maximum absolute atomic E-state index is 12.5. The summed E-state index contributed by atoms with van der Waals surface area (Å²) in [5.41, 5.74) is -1.11. The minimum Gasteiger partial charge on any atom is -0.481 e. The summed E-state index contributed by atoms with van der Waals surface area (Å²) >= 11 is 0. The summed E-state index contributed by atoms with van der Waals surface area (Å²) in [6.07, 6.45) is 4.84. The molecule has 3 N–H and O–H groups in total. The third kappa shape index (κ3) is 3.23. The third-order valence-corrected chi connectivity index (χ3v) is 5.67. The van der Waals surface area contributed by atoms with Gasteiger partial charge >= 0.3 is 5.97 Å². The Bertz CT molecular complexity index is 394. The van der Waals surface area contributed by atoms with E-state index in [0.717, 1.165) is 32.2 Å². The molecule has 1 heterocycles. The average Bonchev–Trinajstić information content (AvgIpc) is 2.96. The van der Waals surface area contributed by atoms with Crippen molar-refractivity contribution < 1.29 is 14.7 Å². The van der Waals surface area contributed by atoms with Gasteiger partial charge in [0.25, 0.3) is 0 Å². The lowest BCUT2D eigenvalue weighted by Gasteiger charge is -2.37. The molecule has 1 aliphatic carbocycles. The Morgan fingerprint density at radius 1 is 1.24 bits per heavy atom. The van der Waals surface area contributed by atoms with Gasteiger partial charge in [0.15, 0.2) is 0 Å². The van der Waals surface area contributed by atoms with Crippen LogP contribution in [0.5, 0.6) is 0 Å². The van der Waals surface area contributed by atoms with Crippen LogP contribution in [0.1, 0.15) is 52.4 Å². The van der Waals surface area contributed by atoms with Crippen LogP contribution in [0.3, 0.4) is 0 Å². The third-order valence-electron chi connectivity index (χ3n) is 5.67. The van der Waals surface area contributed by atoms with Gasteiger partial charge in [0, 0.05) is 13.1 Å². The summed E-state index contributed by atoms with van der Waals surface area (Å²) < 4.78 is 0. The first-order chi connectivity index (χ1) is 9.94. The van der Waals surface area contributed by atoms with E-state index >= 15 is 0 Å². The van der Waals surface area contributed by atoms with Crippen molar-refractivity contribution in [2.45, 2.75) is 52.4 Å². The van der Waals surface area contributed by atoms with Gasteiger partial charge in [-0.25, -0.2) is 0 Å². The SMILES string of the molecule is CCC1(C(=O)NCC2(C(=O)O)CCC(C)CC2)CCNC1. The zero-order chi connectivity index (χ0) is 15.5. The van der Waals surface area contributed by atoms with Crippen LogP contribution >= 0.6 is 0 Å². The lowest BCUT2D eigenvalue weighted by Crippen LogP contribution is -2.49. The Morgan fingerprint density at radius 2 is 1.90 bits per heavy atom. The second-order valence-electron chi connectivity index (χ2n) is 7.01. The lowest BCUT2D eigenvalue weighted by molar-refractivity contribution is -0.151. The molecule has 120 valence electrons. The molecule has 1 amide bonds. The topological polar surface area (TPSA) is 78.4 Å². The molecule has 1 saturated heterocycles. The fraction of sp³-hybridized carbons (Fsp3) is 0.875. The monoisotopic (exact) mass is 296 g/mol. The van der Waals surface area contributed by atoms with Crippen LogP contribution in [0.2, 0.25) is 0 Å². The molecule has 0 aromatic heterocycles. The highest BCUT2D eigenvalue weighted by atomic mass is 16.4. The normalized spacial score (nSPS) is 36.4. The quantitative estimate of drug-likeness (QED) is 0.722. The molecule has 1 unspecified atom stereocenters. The molecule has 0 aromatic carbocycles. The molecule has 0 radical (unpaired) electrons. The second kappa shape index (κ2) is 6.34. The summed E-state index contributed by atoms with van der Waals surface area (Å²) in [4.78, 5) is 24.2. The number of nitrogens with one attached hydrogen (secondary N) is 2. The fourth-order valence-electron chi connectivity index (χ4n) is 3.62. The summed E-state index contributed by atoms with van der Waals surface area (Å²) in [5, 5.41) is 15.8. The van der Waals surface area contributed by atoms with E-state index in [0.29, 0.717) is 25.3 Å². The van der Waals surface area contributed by atoms with Crippen molar-refractivity contribution >= 4 is 11.9 Å². The predicted molar refractivity (Wildman–Crippen MR) is 80.9 cm³/mol. The van der Waals surface area contributed by atoms with Gasteiger partial charge in [0.2, 0.25) is 5.91 Å². The zero-order valence-corrected chi connectivity index (χ0v) is 13.2. The molecule has 1 saturated carbocycles. The Labute approximate surface area is 126 Å². The van der Waals surface area contributed by atoms with E-state index in [2.05, 4.69) is 17.6 Å². The number of aliphatic carboxylic acids is 1. The minimum absolute atomic E-state index is 0.0225. The van der Waals surface area contributed by atoms with Crippen LogP contribution in [-0.4, -0.2) is 36.6 Å². The zero-order valence-electron chi connectivity index (χ0n) is 13.2. The molecule has 2 fully saturated rings. The van der Waals surface area contributed by atoms with Gasteiger partial charge in [-0.3, -0.25) is 9.59 Å². The molecule has 5 nitrogen and oxygen atoms in total. The number of hydrogen-bond donors (Lipinski definition) is 3. The van der Waals surface area contributed by atoms with Crippen LogP contribution < -0.4 is 10.6 Å². The largest absolute Gasteiger partial charge is 0.481 e. The van der Waals surface area contributed by atoms with Crippen molar-refractivity contribution in [1.82, 2.24) is 10.6 Å². The molecule has 5 heteroatoms. The van der Waals surface area contributed by atoms with Crippen molar-refractivity contribution in [2.24, 2.45) is 16.7 Å². The number of amides is 1. The van der Waals surface area contributed by atoms with Crippen LogP contribution in [0.4, 0.5) is 0 Å². The van der Waals surface area contributed by atoms with E-state index < -0.39 is 11.4 Å². The molecule has 0 spiro atoms. The van der Waals surface area contributed by atoms with Gasteiger partial charge in [-0.15, -0.1) is 0 Å². The first-order valence-corrected chi connectivity index (χ1v) is 8.16. The number of carbonyl (C=O) groups excluding carboxylic acids is 1. The summed E-state index contributed by atoms with van der Waals surface area (Å²) in [7, 11) is 0. The van der Waals surface area contributed by atoms with Crippen molar-refractivity contribution in [3.05, 3.63) is 0 Å². The number of carboxylic acids is 1. The van der Waals surface area contributed by atoms with E-state index in [1.54, 1.807) is 0 Å². The first-order valence-electron chi connectivity index (χ1n) is 8.16. The smallest absolute Gasteiger partial charge is 0.311 e. The molecule has 1 atom stereocenters. The van der Waals surface area contributed by atoms with Gasteiger partial charge in [-0.1, -0.05) is 13.8 Å². The van der Waals surface area contributed by atoms with Gasteiger partial charge in [-0.05, 0) is 51.0 Å². The molecule has 2 aliphatic rings. The fourth-order valence-corrected chi connectivity index (χ4v) is 3.62. The van der Waals surface area contributed by atoms with Crippen LogP contribution in [0, 0.1) is 16.7 Å². The Balaban J connectivity index is 1.99. The van der Waals surface area contributed by atoms with Crippen LogP contribution in [0.25, 0.3) is 0 Å². The van der Waals surface area contributed by atoms with Crippen LogP contribution in [0.15, 0.2) is 0 Å². The highest BCUT2D eigenvalue weighted by molar-refractivity contribution is 5.84. The number of rotatable bonds is 5. The van der Waals surface area contributed by atoms with E-state index in [9.17, 15) is 14.7 Å². The molecule has 0 bridgehead atoms. The highest BCUT2D eigenvalue weighted by Gasteiger charge is 2.44. The minimum atomic E-state index is -0.761. The number of carbonyl (C=O) groups is 2. The Kier molecular flexibility index (Phi) is 4.91. The van der Waals surface area contributed by atoms with E-state index in [4.69, 9.17) is 0 Å². The van der Waals surface area contributed by atoms with Crippen molar-refractivity contribution in [3.63, 3.8) is 0 Å². The van der Waals surface area contributed by atoms with Gasteiger partial charge in [-0.2, -0.15) is 0 Å². The molecule has 2 rings (SSSR count). The molecule has 0 aromatic rings. The standard InChI is InChI=1S/C16H28N2O3/c1-3-15(8-9-17-10-15)13(19)18-11-16(14(20)21)6-4-12(2)5-7-16/h12,17H,3-11H2,1-2H3,(H,18,19)(H,20,21). The van der Waals surface area contributed by atoms with Gasteiger partial charge in [0.1, 0.15) is 0 Å². The lowest BCUT2D eigenvalue weighted by atomic mass is 9.70. The molecular weight excluding hydrogens is 268 g/mol.